The summed E-state index contributed by atoms with van der Waals surface area (Å²) in [6, 6.07) is 8.60. The van der Waals surface area contributed by atoms with Crippen molar-refractivity contribution >= 4 is 5.91 Å². The van der Waals surface area contributed by atoms with E-state index in [0.29, 0.717) is 6.54 Å². The number of likely N-dealkylation sites (tertiary alicyclic amines) is 1. The van der Waals surface area contributed by atoms with Crippen LogP contribution in [-0.4, -0.2) is 30.4 Å². The molecule has 0 saturated carbocycles. The van der Waals surface area contributed by atoms with E-state index in [4.69, 9.17) is 0 Å². The molecule has 0 atom stereocenters. The van der Waals surface area contributed by atoms with E-state index >= 15 is 0 Å². The molecule has 0 unspecified atom stereocenters. The van der Waals surface area contributed by atoms with E-state index in [1.54, 1.807) is 0 Å². The van der Waals surface area contributed by atoms with Crippen LogP contribution in [0.2, 0.25) is 0 Å². The Balaban J connectivity index is 1.72. The van der Waals surface area contributed by atoms with Crippen molar-refractivity contribution in [3.63, 3.8) is 0 Å². The highest BCUT2D eigenvalue weighted by molar-refractivity contribution is 5.78. The van der Waals surface area contributed by atoms with E-state index in [2.05, 4.69) is 36.5 Å². The van der Waals surface area contributed by atoms with Gasteiger partial charge >= 0.3 is 0 Å². The van der Waals surface area contributed by atoms with E-state index in [-0.39, 0.29) is 5.91 Å². The van der Waals surface area contributed by atoms with Gasteiger partial charge in [0.1, 0.15) is 0 Å². The summed E-state index contributed by atoms with van der Waals surface area (Å²) in [7, 11) is 0. The first-order valence-corrected chi connectivity index (χ1v) is 7.86. The lowest BCUT2D eigenvalue weighted by Gasteiger charge is -2.20. The minimum Gasteiger partial charge on any atom is -0.342 e. The van der Waals surface area contributed by atoms with Gasteiger partial charge in [0.05, 0.1) is 6.54 Å². The molecule has 1 heterocycles. The number of carbonyl (C=O) groups excluding carboxylic acids is 1. The Bertz CT molecular complexity index is 406. The van der Waals surface area contributed by atoms with E-state index in [9.17, 15) is 4.79 Å². The Morgan fingerprint density at radius 2 is 1.65 bits per heavy atom. The third-order valence-electron chi connectivity index (χ3n) is 4.00. The zero-order chi connectivity index (χ0) is 14.2. The van der Waals surface area contributed by atoms with Crippen LogP contribution in [-0.2, 0) is 17.8 Å². The average molecular weight is 274 g/mol. The molecule has 2 rings (SSSR count). The standard InChI is InChI=1S/C17H26N2O/c1-2-15-7-9-16(10-8-15)13-18-14-17(20)19-11-5-3-4-6-12-19/h7-10,18H,2-6,11-14H2,1H3. The minimum absolute atomic E-state index is 0.247. The number of nitrogens with one attached hydrogen (secondary N) is 1. The van der Waals surface area contributed by atoms with Crippen molar-refractivity contribution in [1.29, 1.82) is 0 Å². The maximum atomic E-state index is 12.1. The molecule has 3 heteroatoms. The summed E-state index contributed by atoms with van der Waals surface area (Å²) in [6.07, 6.45) is 5.91. The number of rotatable bonds is 5. The lowest BCUT2D eigenvalue weighted by Crippen LogP contribution is -2.38. The van der Waals surface area contributed by atoms with Crippen LogP contribution in [0.1, 0.15) is 43.7 Å². The second kappa shape index (κ2) is 8.05. The highest BCUT2D eigenvalue weighted by atomic mass is 16.2. The summed E-state index contributed by atoms with van der Waals surface area (Å²) < 4.78 is 0. The molecule has 1 amide bonds. The number of amides is 1. The summed E-state index contributed by atoms with van der Waals surface area (Å²) >= 11 is 0. The number of hydrogen-bond donors (Lipinski definition) is 1. The molecule has 110 valence electrons. The molecule has 1 N–H and O–H groups in total. The second-order valence-corrected chi connectivity index (χ2v) is 5.57. The molecule has 3 nitrogen and oxygen atoms in total. The smallest absolute Gasteiger partial charge is 0.236 e. The van der Waals surface area contributed by atoms with E-state index in [0.717, 1.165) is 38.9 Å². The Kier molecular flexibility index (Phi) is 6.06. The van der Waals surface area contributed by atoms with Crippen LogP contribution in [0.15, 0.2) is 24.3 Å². The summed E-state index contributed by atoms with van der Waals surface area (Å²) in [5.74, 6) is 0.247. The third-order valence-corrected chi connectivity index (χ3v) is 4.00. The van der Waals surface area contributed by atoms with Gasteiger partial charge in [-0.1, -0.05) is 44.0 Å². The molecule has 1 fully saturated rings. The maximum Gasteiger partial charge on any atom is 0.236 e. The molecular formula is C17H26N2O. The molecule has 20 heavy (non-hydrogen) atoms. The Morgan fingerprint density at radius 1 is 1.05 bits per heavy atom. The first kappa shape index (κ1) is 15.0. The summed E-state index contributed by atoms with van der Waals surface area (Å²) in [6.45, 7) is 5.25. The van der Waals surface area contributed by atoms with Crippen molar-refractivity contribution in [3.8, 4) is 0 Å². The van der Waals surface area contributed by atoms with Gasteiger partial charge in [-0.2, -0.15) is 0 Å². The highest BCUT2D eigenvalue weighted by Gasteiger charge is 2.14. The number of nitrogens with zero attached hydrogens (tertiary/aromatic N) is 1. The molecule has 1 aromatic carbocycles. The van der Waals surface area contributed by atoms with Gasteiger partial charge in [0, 0.05) is 19.6 Å². The topological polar surface area (TPSA) is 32.3 Å². The van der Waals surface area contributed by atoms with Gasteiger partial charge in [0.25, 0.3) is 0 Å². The largest absolute Gasteiger partial charge is 0.342 e. The normalized spacial score (nSPS) is 15.9. The zero-order valence-corrected chi connectivity index (χ0v) is 12.5. The molecule has 0 aromatic heterocycles. The first-order valence-electron chi connectivity index (χ1n) is 7.86. The second-order valence-electron chi connectivity index (χ2n) is 5.57. The number of benzene rings is 1. The lowest BCUT2D eigenvalue weighted by atomic mass is 10.1. The molecule has 1 aliphatic heterocycles. The van der Waals surface area contributed by atoms with Crippen molar-refractivity contribution < 1.29 is 4.79 Å². The summed E-state index contributed by atoms with van der Waals surface area (Å²) in [4.78, 5) is 14.1. The van der Waals surface area contributed by atoms with E-state index in [1.165, 1.54) is 24.0 Å². The van der Waals surface area contributed by atoms with Crippen LogP contribution in [0, 0.1) is 0 Å². The van der Waals surface area contributed by atoms with Crippen LogP contribution in [0.4, 0.5) is 0 Å². The van der Waals surface area contributed by atoms with Crippen molar-refractivity contribution in [1.82, 2.24) is 10.2 Å². The SMILES string of the molecule is CCc1ccc(CNCC(=O)N2CCCCCC2)cc1. The Labute approximate surface area is 122 Å². The molecular weight excluding hydrogens is 248 g/mol. The highest BCUT2D eigenvalue weighted by Crippen LogP contribution is 2.09. The molecule has 1 aromatic rings. The van der Waals surface area contributed by atoms with Gasteiger partial charge in [-0.05, 0) is 30.4 Å². The van der Waals surface area contributed by atoms with Crippen LogP contribution in [0.5, 0.6) is 0 Å². The zero-order valence-electron chi connectivity index (χ0n) is 12.5. The molecule has 0 radical (unpaired) electrons. The average Bonchev–Trinajstić information content (AvgIpc) is 2.77. The van der Waals surface area contributed by atoms with Crippen molar-refractivity contribution in [2.45, 2.75) is 45.6 Å². The fraction of sp³-hybridized carbons (Fsp3) is 0.588. The lowest BCUT2D eigenvalue weighted by molar-refractivity contribution is -0.130. The summed E-state index contributed by atoms with van der Waals surface area (Å²) in [5.41, 5.74) is 2.60. The van der Waals surface area contributed by atoms with E-state index in [1.807, 2.05) is 4.90 Å². The Hall–Kier alpha value is -1.35. The first-order chi connectivity index (χ1) is 9.79. The predicted molar refractivity (Wildman–Crippen MR) is 82.6 cm³/mol. The monoisotopic (exact) mass is 274 g/mol. The minimum atomic E-state index is 0.247. The van der Waals surface area contributed by atoms with Crippen molar-refractivity contribution in [2.75, 3.05) is 19.6 Å². The summed E-state index contributed by atoms with van der Waals surface area (Å²) in [5, 5.41) is 3.27. The molecule has 0 spiro atoms. The molecule has 0 bridgehead atoms. The maximum absolute atomic E-state index is 12.1. The molecule has 1 aliphatic rings. The number of carbonyl (C=O) groups is 1. The van der Waals surface area contributed by atoms with Crippen LogP contribution < -0.4 is 5.32 Å². The van der Waals surface area contributed by atoms with Crippen molar-refractivity contribution in [3.05, 3.63) is 35.4 Å². The van der Waals surface area contributed by atoms with E-state index < -0.39 is 0 Å². The van der Waals surface area contributed by atoms with Gasteiger partial charge in [-0.15, -0.1) is 0 Å². The number of hydrogen-bond acceptors (Lipinski definition) is 2. The van der Waals surface area contributed by atoms with Crippen molar-refractivity contribution in [2.24, 2.45) is 0 Å². The predicted octanol–water partition coefficient (Wildman–Crippen LogP) is 2.74. The fourth-order valence-electron chi connectivity index (χ4n) is 2.64. The third kappa shape index (κ3) is 4.64. The quantitative estimate of drug-likeness (QED) is 0.895. The van der Waals surface area contributed by atoms with Gasteiger partial charge in [0.2, 0.25) is 5.91 Å². The van der Waals surface area contributed by atoms with Gasteiger partial charge in [-0.25, -0.2) is 0 Å². The van der Waals surface area contributed by atoms with Gasteiger partial charge in [0.15, 0.2) is 0 Å². The fourth-order valence-corrected chi connectivity index (χ4v) is 2.64. The molecule has 1 saturated heterocycles. The molecule has 0 aliphatic carbocycles. The van der Waals surface area contributed by atoms with Crippen LogP contribution >= 0.6 is 0 Å². The van der Waals surface area contributed by atoms with Gasteiger partial charge in [-0.3, -0.25) is 4.79 Å². The van der Waals surface area contributed by atoms with Gasteiger partial charge < -0.3 is 10.2 Å². The van der Waals surface area contributed by atoms with Crippen LogP contribution in [0.25, 0.3) is 0 Å². The Morgan fingerprint density at radius 3 is 2.25 bits per heavy atom. The van der Waals surface area contributed by atoms with Crippen LogP contribution in [0.3, 0.4) is 0 Å². The number of aryl methyl sites for hydroxylation is 1.